The van der Waals surface area contributed by atoms with Gasteiger partial charge in [-0.15, -0.1) is 0 Å². The van der Waals surface area contributed by atoms with E-state index in [1.54, 1.807) is 0 Å². The molecule has 0 atom stereocenters. The zero-order valence-electron chi connectivity index (χ0n) is 8.54. The van der Waals surface area contributed by atoms with Gasteiger partial charge in [0.1, 0.15) is 3.57 Å². The molecule has 15 heavy (non-hydrogen) atoms. The Labute approximate surface area is 102 Å². The molecule has 2 N–H and O–H groups in total. The SMILES string of the molecule is Cc1cccc(-c2onc(N)c2I)c1C. The summed E-state index contributed by atoms with van der Waals surface area (Å²) in [6.45, 7) is 4.14. The topological polar surface area (TPSA) is 52.0 Å². The minimum absolute atomic E-state index is 0.450. The van der Waals surface area contributed by atoms with Gasteiger partial charge >= 0.3 is 0 Å². The standard InChI is InChI=1S/C11H11IN2O/c1-6-4-3-5-8(7(6)2)10-9(12)11(13)14-15-10/h3-5H,1-2H3,(H2,13,14). The monoisotopic (exact) mass is 314 g/mol. The Balaban J connectivity index is 2.64. The Morgan fingerprint density at radius 3 is 2.67 bits per heavy atom. The molecule has 3 nitrogen and oxygen atoms in total. The number of anilines is 1. The highest BCUT2D eigenvalue weighted by molar-refractivity contribution is 14.1. The fourth-order valence-corrected chi connectivity index (χ4v) is 1.94. The highest BCUT2D eigenvalue weighted by Crippen LogP contribution is 2.32. The summed E-state index contributed by atoms with van der Waals surface area (Å²) in [4.78, 5) is 0. The summed E-state index contributed by atoms with van der Waals surface area (Å²) in [5, 5.41) is 3.76. The fraction of sp³-hybridized carbons (Fsp3) is 0.182. The van der Waals surface area contributed by atoms with E-state index >= 15 is 0 Å². The third-order valence-electron chi connectivity index (χ3n) is 2.51. The first kappa shape index (κ1) is 10.5. The molecule has 0 radical (unpaired) electrons. The van der Waals surface area contributed by atoms with E-state index in [9.17, 15) is 0 Å². The second-order valence-electron chi connectivity index (χ2n) is 3.46. The summed E-state index contributed by atoms with van der Waals surface area (Å²) in [6, 6.07) is 6.10. The normalized spacial score (nSPS) is 10.6. The Bertz CT molecular complexity index is 505. The third kappa shape index (κ3) is 1.73. The molecule has 1 aromatic carbocycles. The molecule has 0 unspecified atom stereocenters. The molecule has 0 aliphatic carbocycles. The lowest BCUT2D eigenvalue weighted by molar-refractivity contribution is 0.435. The second kappa shape index (κ2) is 3.84. The average Bonchev–Trinajstić information content (AvgIpc) is 2.53. The maximum absolute atomic E-state index is 5.65. The predicted molar refractivity (Wildman–Crippen MR) is 68.5 cm³/mol. The number of aryl methyl sites for hydroxylation is 1. The van der Waals surface area contributed by atoms with Gasteiger partial charge in [0.05, 0.1) is 0 Å². The van der Waals surface area contributed by atoms with E-state index < -0.39 is 0 Å². The zero-order valence-corrected chi connectivity index (χ0v) is 10.7. The van der Waals surface area contributed by atoms with Crippen LogP contribution in [0.1, 0.15) is 11.1 Å². The minimum Gasteiger partial charge on any atom is -0.380 e. The number of rotatable bonds is 1. The summed E-state index contributed by atoms with van der Waals surface area (Å²) in [5.41, 5.74) is 9.15. The van der Waals surface area contributed by atoms with E-state index in [0.717, 1.165) is 14.9 Å². The summed E-state index contributed by atoms with van der Waals surface area (Å²) in [6.07, 6.45) is 0. The van der Waals surface area contributed by atoms with Crippen LogP contribution >= 0.6 is 22.6 Å². The number of aromatic nitrogens is 1. The Morgan fingerprint density at radius 2 is 2.07 bits per heavy atom. The molecule has 78 valence electrons. The minimum atomic E-state index is 0.450. The number of benzene rings is 1. The maximum Gasteiger partial charge on any atom is 0.182 e. The lowest BCUT2D eigenvalue weighted by Gasteiger charge is -2.05. The molecule has 1 heterocycles. The molecule has 2 aromatic rings. The molecule has 0 amide bonds. The van der Waals surface area contributed by atoms with Crippen LogP contribution in [0.5, 0.6) is 0 Å². The second-order valence-corrected chi connectivity index (χ2v) is 4.54. The van der Waals surface area contributed by atoms with Crippen LogP contribution in [0.4, 0.5) is 5.82 Å². The van der Waals surface area contributed by atoms with E-state index in [1.807, 2.05) is 12.1 Å². The number of nitrogens with two attached hydrogens (primary N) is 1. The van der Waals surface area contributed by atoms with E-state index in [2.05, 4.69) is 47.7 Å². The molecule has 0 bridgehead atoms. The average molecular weight is 314 g/mol. The summed E-state index contributed by atoms with van der Waals surface area (Å²) in [5.74, 6) is 1.21. The van der Waals surface area contributed by atoms with Crippen molar-refractivity contribution in [3.63, 3.8) is 0 Å². The quantitative estimate of drug-likeness (QED) is 0.823. The summed E-state index contributed by atoms with van der Waals surface area (Å²) >= 11 is 2.15. The number of hydrogen-bond donors (Lipinski definition) is 1. The predicted octanol–water partition coefficient (Wildman–Crippen LogP) is 3.15. The highest BCUT2D eigenvalue weighted by Gasteiger charge is 2.15. The number of nitrogens with zero attached hydrogens (tertiary/aromatic N) is 1. The molecule has 0 aliphatic heterocycles. The lowest BCUT2D eigenvalue weighted by atomic mass is 10.0. The Kier molecular flexibility index (Phi) is 2.68. The first-order valence-electron chi connectivity index (χ1n) is 4.58. The number of halogens is 1. The maximum atomic E-state index is 5.65. The Morgan fingerprint density at radius 1 is 1.33 bits per heavy atom. The van der Waals surface area contributed by atoms with Crippen LogP contribution in [0.2, 0.25) is 0 Å². The number of hydrogen-bond acceptors (Lipinski definition) is 3. The van der Waals surface area contributed by atoms with Gasteiger partial charge in [0.2, 0.25) is 0 Å². The van der Waals surface area contributed by atoms with E-state index in [1.165, 1.54) is 11.1 Å². The summed E-state index contributed by atoms with van der Waals surface area (Å²) < 4.78 is 6.11. The van der Waals surface area contributed by atoms with Gasteiger partial charge in [-0.05, 0) is 47.6 Å². The van der Waals surface area contributed by atoms with Crippen LogP contribution in [0.25, 0.3) is 11.3 Å². The van der Waals surface area contributed by atoms with Crippen molar-refractivity contribution >= 4 is 28.4 Å². The van der Waals surface area contributed by atoms with Crippen molar-refractivity contribution in [3.8, 4) is 11.3 Å². The molecular formula is C11H11IN2O. The van der Waals surface area contributed by atoms with Gasteiger partial charge in [-0.25, -0.2) is 0 Å². The largest absolute Gasteiger partial charge is 0.380 e. The molecule has 0 aliphatic rings. The molecular weight excluding hydrogens is 303 g/mol. The molecule has 0 saturated heterocycles. The van der Waals surface area contributed by atoms with Crippen molar-refractivity contribution < 1.29 is 4.52 Å². The van der Waals surface area contributed by atoms with Gasteiger partial charge in [-0.1, -0.05) is 23.4 Å². The van der Waals surface area contributed by atoms with Crippen molar-refractivity contribution in [3.05, 3.63) is 32.9 Å². The van der Waals surface area contributed by atoms with Crippen LogP contribution < -0.4 is 5.73 Å². The Hall–Kier alpha value is -1.04. The third-order valence-corrected chi connectivity index (χ3v) is 3.55. The van der Waals surface area contributed by atoms with Gasteiger partial charge in [0, 0.05) is 5.56 Å². The van der Waals surface area contributed by atoms with Crippen LogP contribution in [-0.2, 0) is 0 Å². The molecule has 0 spiro atoms. The number of nitrogen functional groups attached to an aromatic ring is 1. The van der Waals surface area contributed by atoms with Gasteiger partial charge < -0.3 is 10.3 Å². The lowest BCUT2D eigenvalue weighted by Crippen LogP contribution is -1.89. The van der Waals surface area contributed by atoms with E-state index in [-0.39, 0.29) is 0 Å². The van der Waals surface area contributed by atoms with Crippen LogP contribution in [0.15, 0.2) is 22.7 Å². The fourth-order valence-electron chi connectivity index (χ4n) is 1.46. The van der Waals surface area contributed by atoms with Gasteiger partial charge in [-0.2, -0.15) is 0 Å². The zero-order chi connectivity index (χ0) is 11.0. The van der Waals surface area contributed by atoms with Crippen LogP contribution in [-0.4, -0.2) is 5.16 Å². The molecule has 2 rings (SSSR count). The molecule has 4 heteroatoms. The van der Waals surface area contributed by atoms with Gasteiger partial charge in [-0.3, -0.25) is 0 Å². The first-order chi connectivity index (χ1) is 7.11. The summed E-state index contributed by atoms with van der Waals surface area (Å²) in [7, 11) is 0. The van der Waals surface area contributed by atoms with Crippen molar-refractivity contribution in [1.82, 2.24) is 5.16 Å². The smallest absolute Gasteiger partial charge is 0.182 e. The first-order valence-corrected chi connectivity index (χ1v) is 5.66. The van der Waals surface area contributed by atoms with Gasteiger partial charge in [0.25, 0.3) is 0 Å². The molecule has 1 aromatic heterocycles. The highest BCUT2D eigenvalue weighted by atomic mass is 127. The molecule has 0 fully saturated rings. The van der Waals surface area contributed by atoms with E-state index in [0.29, 0.717) is 5.82 Å². The van der Waals surface area contributed by atoms with Crippen molar-refractivity contribution in [2.24, 2.45) is 0 Å². The van der Waals surface area contributed by atoms with Crippen LogP contribution in [0, 0.1) is 17.4 Å². The van der Waals surface area contributed by atoms with Crippen LogP contribution in [0.3, 0.4) is 0 Å². The van der Waals surface area contributed by atoms with Crippen molar-refractivity contribution in [2.45, 2.75) is 13.8 Å². The van der Waals surface area contributed by atoms with Crippen molar-refractivity contribution in [2.75, 3.05) is 5.73 Å². The molecule has 0 saturated carbocycles. The van der Waals surface area contributed by atoms with E-state index in [4.69, 9.17) is 10.3 Å². The van der Waals surface area contributed by atoms with Gasteiger partial charge in [0.15, 0.2) is 11.6 Å². The van der Waals surface area contributed by atoms with Crippen molar-refractivity contribution in [1.29, 1.82) is 0 Å².